The highest BCUT2D eigenvalue weighted by molar-refractivity contribution is 5.94. The third kappa shape index (κ3) is 2.06. The van der Waals surface area contributed by atoms with Gasteiger partial charge >= 0.3 is 5.97 Å². The van der Waals surface area contributed by atoms with Crippen molar-refractivity contribution < 1.29 is 14.6 Å². The molecule has 0 unspecified atom stereocenters. The summed E-state index contributed by atoms with van der Waals surface area (Å²) in [6.45, 7) is 0.227. The lowest BCUT2D eigenvalue weighted by atomic mass is 10.0. The summed E-state index contributed by atoms with van der Waals surface area (Å²) in [6.07, 6.45) is 0. The highest BCUT2D eigenvalue weighted by atomic mass is 16.5. The lowest BCUT2D eigenvalue weighted by Gasteiger charge is -2.08. The van der Waals surface area contributed by atoms with Crippen LogP contribution in [0.25, 0.3) is 0 Å². The van der Waals surface area contributed by atoms with Gasteiger partial charge in [-0.25, -0.2) is 4.79 Å². The Morgan fingerprint density at radius 2 is 2.33 bits per heavy atom. The maximum Gasteiger partial charge on any atom is 0.340 e. The Hall–Kier alpha value is -2.06. The second kappa shape index (κ2) is 4.44. The number of carbonyl (C=O) groups is 1. The van der Waals surface area contributed by atoms with E-state index in [9.17, 15) is 4.79 Å². The Morgan fingerprint density at radius 3 is 2.73 bits per heavy atom. The average Bonchev–Trinajstić information content (AvgIpc) is 2.26. The van der Waals surface area contributed by atoms with Gasteiger partial charge in [-0.2, -0.15) is 5.26 Å². The molecule has 0 aliphatic heterocycles. The van der Waals surface area contributed by atoms with E-state index in [4.69, 9.17) is 20.8 Å². The van der Waals surface area contributed by atoms with E-state index in [0.717, 1.165) is 0 Å². The van der Waals surface area contributed by atoms with E-state index in [0.29, 0.717) is 5.56 Å². The van der Waals surface area contributed by atoms with Crippen molar-refractivity contribution in [1.29, 1.82) is 5.26 Å². The maximum absolute atomic E-state index is 10.9. The van der Waals surface area contributed by atoms with E-state index in [1.54, 1.807) is 0 Å². The molecule has 0 amide bonds. The first-order chi connectivity index (χ1) is 7.13. The van der Waals surface area contributed by atoms with Crippen LogP contribution < -0.4 is 10.5 Å². The van der Waals surface area contributed by atoms with Gasteiger partial charge < -0.3 is 15.6 Å². The normalized spacial score (nSPS) is 9.40. The summed E-state index contributed by atoms with van der Waals surface area (Å²) in [4.78, 5) is 10.9. The summed E-state index contributed by atoms with van der Waals surface area (Å²) in [6, 6.07) is 4.78. The minimum atomic E-state index is -1.19. The van der Waals surface area contributed by atoms with Crippen LogP contribution in [0.5, 0.6) is 5.75 Å². The summed E-state index contributed by atoms with van der Waals surface area (Å²) in [7, 11) is 1.35. The Labute approximate surface area is 86.7 Å². The van der Waals surface area contributed by atoms with E-state index < -0.39 is 5.97 Å². The molecule has 78 valence electrons. The molecular weight excluding hydrogens is 196 g/mol. The zero-order valence-corrected chi connectivity index (χ0v) is 8.15. The van der Waals surface area contributed by atoms with Crippen LogP contribution in [0.15, 0.2) is 12.1 Å². The second-order valence-corrected chi connectivity index (χ2v) is 2.84. The number of hydrogen-bond acceptors (Lipinski definition) is 4. The maximum atomic E-state index is 10.9. The topological polar surface area (TPSA) is 96.3 Å². The van der Waals surface area contributed by atoms with Crippen LogP contribution in [0.4, 0.5) is 0 Å². The van der Waals surface area contributed by atoms with Gasteiger partial charge in [-0.15, -0.1) is 0 Å². The summed E-state index contributed by atoms with van der Waals surface area (Å²) in [5.41, 5.74) is 6.00. The second-order valence-electron chi connectivity index (χ2n) is 2.84. The van der Waals surface area contributed by atoms with E-state index in [1.807, 2.05) is 6.07 Å². The molecule has 0 radical (unpaired) electrons. The molecule has 0 bridgehead atoms. The molecule has 1 aromatic carbocycles. The number of hydrogen-bond donors (Lipinski definition) is 2. The Morgan fingerprint density at radius 1 is 1.67 bits per heavy atom. The van der Waals surface area contributed by atoms with Gasteiger partial charge in [0.1, 0.15) is 17.4 Å². The Balaban J connectivity index is 3.48. The molecule has 0 aliphatic carbocycles. The lowest BCUT2D eigenvalue weighted by molar-refractivity contribution is 0.0693. The molecule has 5 heteroatoms. The molecule has 0 spiro atoms. The number of aromatic carboxylic acids is 1. The molecule has 5 nitrogen and oxygen atoms in total. The summed E-state index contributed by atoms with van der Waals surface area (Å²) < 4.78 is 4.90. The smallest absolute Gasteiger partial charge is 0.340 e. The summed E-state index contributed by atoms with van der Waals surface area (Å²) in [5.74, 6) is -1.03. The highest BCUT2D eigenvalue weighted by Crippen LogP contribution is 2.24. The SMILES string of the molecule is COc1cc(CN)cc(C#N)c1C(=O)O. The molecule has 3 N–H and O–H groups in total. The summed E-state index contributed by atoms with van der Waals surface area (Å²) >= 11 is 0. The van der Waals surface area contributed by atoms with Gasteiger partial charge in [0.2, 0.25) is 0 Å². The van der Waals surface area contributed by atoms with Gasteiger partial charge in [-0.1, -0.05) is 0 Å². The average molecular weight is 206 g/mol. The lowest BCUT2D eigenvalue weighted by Crippen LogP contribution is -2.06. The van der Waals surface area contributed by atoms with E-state index in [-0.39, 0.29) is 23.4 Å². The molecule has 0 heterocycles. The number of nitriles is 1. The minimum Gasteiger partial charge on any atom is -0.496 e. The van der Waals surface area contributed by atoms with Crippen LogP contribution in [-0.4, -0.2) is 18.2 Å². The minimum absolute atomic E-state index is 0.0577. The molecule has 0 fully saturated rings. The molecule has 1 aromatic rings. The van der Waals surface area contributed by atoms with Crippen LogP contribution in [0.3, 0.4) is 0 Å². The molecule has 0 aliphatic rings. The van der Waals surface area contributed by atoms with E-state index in [2.05, 4.69) is 0 Å². The number of rotatable bonds is 3. The summed E-state index contributed by atoms with van der Waals surface area (Å²) in [5, 5.41) is 17.7. The van der Waals surface area contributed by atoms with Crippen molar-refractivity contribution in [2.45, 2.75) is 6.54 Å². The zero-order valence-electron chi connectivity index (χ0n) is 8.15. The first-order valence-electron chi connectivity index (χ1n) is 4.18. The number of methoxy groups -OCH3 is 1. The third-order valence-corrected chi connectivity index (χ3v) is 1.95. The van der Waals surface area contributed by atoms with Crippen molar-refractivity contribution in [3.8, 4) is 11.8 Å². The van der Waals surface area contributed by atoms with Gasteiger partial charge in [0, 0.05) is 6.54 Å². The third-order valence-electron chi connectivity index (χ3n) is 1.95. The zero-order chi connectivity index (χ0) is 11.4. The Bertz CT molecular complexity index is 435. The molecule has 0 aromatic heterocycles. The first kappa shape index (κ1) is 11.0. The van der Waals surface area contributed by atoms with Gasteiger partial charge in [-0.3, -0.25) is 0 Å². The number of ether oxygens (including phenoxy) is 1. The predicted molar refractivity (Wildman–Crippen MR) is 52.6 cm³/mol. The van der Waals surface area contributed by atoms with Crippen molar-refractivity contribution in [3.05, 3.63) is 28.8 Å². The Kier molecular flexibility index (Phi) is 3.26. The van der Waals surface area contributed by atoms with Crippen molar-refractivity contribution in [2.24, 2.45) is 5.73 Å². The fraction of sp³-hybridized carbons (Fsp3) is 0.200. The van der Waals surface area contributed by atoms with Gasteiger partial charge in [0.05, 0.1) is 12.7 Å². The number of nitrogens with two attached hydrogens (primary N) is 1. The van der Waals surface area contributed by atoms with Crippen LogP contribution >= 0.6 is 0 Å². The number of carboxylic acids is 1. The van der Waals surface area contributed by atoms with Crippen LogP contribution in [0, 0.1) is 11.3 Å². The predicted octanol–water partition coefficient (Wildman–Crippen LogP) is 0.724. The van der Waals surface area contributed by atoms with Crippen molar-refractivity contribution in [2.75, 3.05) is 7.11 Å². The van der Waals surface area contributed by atoms with Crippen molar-refractivity contribution in [1.82, 2.24) is 0 Å². The van der Waals surface area contributed by atoms with Gasteiger partial charge in [0.15, 0.2) is 0 Å². The molecule has 0 atom stereocenters. The van der Waals surface area contributed by atoms with Crippen LogP contribution in [0.2, 0.25) is 0 Å². The first-order valence-corrected chi connectivity index (χ1v) is 4.18. The van der Waals surface area contributed by atoms with E-state index >= 15 is 0 Å². The fourth-order valence-corrected chi connectivity index (χ4v) is 1.26. The highest BCUT2D eigenvalue weighted by Gasteiger charge is 2.17. The van der Waals surface area contributed by atoms with Crippen LogP contribution in [0.1, 0.15) is 21.5 Å². The largest absolute Gasteiger partial charge is 0.496 e. The van der Waals surface area contributed by atoms with E-state index in [1.165, 1.54) is 19.2 Å². The van der Waals surface area contributed by atoms with Crippen molar-refractivity contribution in [3.63, 3.8) is 0 Å². The quantitative estimate of drug-likeness (QED) is 0.759. The molecular formula is C10H10N2O3. The van der Waals surface area contributed by atoms with Gasteiger partial charge in [-0.05, 0) is 17.7 Å². The van der Waals surface area contributed by atoms with Crippen LogP contribution in [-0.2, 0) is 6.54 Å². The van der Waals surface area contributed by atoms with Crippen molar-refractivity contribution >= 4 is 5.97 Å². The standard InChI is InChI=1S/C10H10N2O3/c1-15-8-3-6(4-11)2-7(5-12)9(8)10(13)14/h2-3H,4,11H2,1H3,(H,13,14). The molecule has 0 saturated carbocycles. The number of carboxylic acid groups (broad SMARTS) is 1. The number of benzene rings is 1. The number of nitrogens with zero attached hydrogens (tertiary/aromatic N) is 1. The monoisotopic (exact) mass is 206 g/mol. The molecule has 1 rings (SSSR count). The molecule has 15 heavy (non-hydrogen) atoms. The molecule has 0 saturated heterocycles. The van der Waals surface area contributed by atoms with Gasteiger partial charge in [0.25, 0.3) is 0 Å². The fourth-order valence-electron chi connectivity index (χ4n) is 1.26.